The minimum Gasteiger partial charge on any atom is -0.505 e. The highest BCUT2D eigenvalue weighted by atomic mass is 16.7. The van der Waals surface area contributed by atoms with Gasteiger partial charge in [0, 0.05) is 54.2 Å². The van der Waals surface area contributed by atoms with Crippen LogP contribution in [0.3, 0.4) is 0 Å². The minimum absolute atomic E-state index is 0.0209. The van der Waals surface area contributed by atoms with Crippen LogP contribution in [0.25, 0.3) is 33.0 Å². The summed E-state index contributed by atoms with van der Waals surface area (Å²) in [6, 6.07) is 0. The zero-order valence-corrected chi connectivity index (χ0v) is 36.7. The molecule has 13 heteroatoms. The van der Waals surface area contributed by atoms with E-state index in [0.717, 1.165) is 22.3 Å². The van der Waals surface area contributed by atoms with Crippen LogP contribution in [0.1, 0.15) is 99.5 Å². The minimum atomic E-state index is -2.00. The highest BCUT2D eigenvalue weighted by Crippen LogP contribution is 2.49. The second kappa shape index (κ2) is 16.4. The molecule has 0 spiro atoms. The van der Waals surface area contributed by atoms with E-state index in [1.807, 2.05) is 20.8 Å². The van der Waals surface area contributed by atoms with Gasteiger partial charge in [-0.25, -0.2) is 4.98 Å². The number of amides is 1. The van der Waals surface area contributed by atoms with Crippen LogP contribution < -0.4 is 15.5 Å². The monoisotopic (exact) mass is 826 g/mol. The lowest BCUT2D eigenvalue weighted by Gasteiger charge is -2.36. The molecule has 0 saturated heterocycles. The van der Waals surface area contributed by atoms with Gasteiger partial charge in [-0.15, -0.1) is 0 Å². The fraction of sp³-hybridized carbons (Fsp3) is 0.489. The molecule has 4 aromatic rings. The van der Waals surface area contributed by atoms with Crippen LogP contribution in [-0.4, -0.2) is 74.4 Å². The van der Waals surface area contributed by atoms with Gasteiger partial charge in [0.2, 0.25) is 0 Å². The summed E-state index contributed by atoms with van der Waals surface area (Å²) < 4.78 is 24.7. The summed E-state index contributed by atoms with van der Waals surface area (Å²) in [5, 5.41) is 48.6. The van der Waals surface area contributed by atoms with Crippen molar-refractivity contribution in [2.24, 2.45) is 23.7 Å². The number of phenols is 1. The number of fused-ring (bicyclic) bond motifs is 2. The van der Waals surface area contributed by atoms with Crippen molar-refractivity contribution in [3.05, 3.63) is 79.7 Å². The van der Waals surface area contributed by atoms with Crippen LogP contribution in [0.15, 0.2) is 45.4 Å². The van der Waals surface area contributed by atoms with Crippen molar-refractivity contribution in [2.45, 2.75) is 119 Å². The molecule has 4 bridgehead atoms. The van der Waals surface area contributed by atoms with Crippen molar-refractivity contribution in [3.63, 3.8) is 0 Å². The quantitative estimate of drug-likeness (QED) is 0.0760. The summed E-state index contributed by atoms with van der Waals surface area (Å²) in [6.07, 6.45) is 3.63. The number of ketones is 1. The van der Waals surface area contributed by atoms with E-state index in [0.29, 0.717) is 11.1 Å². The molecule has 3 aromatic carbocycles. The first-order valence-corrected chi connectivity index (χ1v) is 20.5. The molecule has 2 aliphatic rings. The fourth-order valence-electron chi connectivity index (χ4n) is 8.97. The lowest BCUT2D eigenvalue weighted by molar-refractivity contribution is -0.112. The second-order valence-corrected chi connectivity index (χ2v) is 17.3. The number of carbonyl (C=O) groups is 2. The number of hydrogen-bond donors (Lipinski definition) is 5. The Morgan fingerprint density at radius 2 is 1.45 bits per heavy atom. The summed E-state index contributed by atoms with van der Waals surface area (Å²) in [5.74, 6) is -6.27. The van der Waals surface area contributed by atoms with Crippen LogP contribution >= 0.6 is 0 Å². The number of aromatic hydroxyl groups is 1. The number of carbonyl (C=O) groups excluding carboxylic acids is 2. The van der Waals surface area contributed by atoms with Crippen molar-refractivity contribution in [3.8, 4) is 11.5 Å². The Morgan fingerprint density at radius 1 is 0.817 bits per heavy atom. The zero-order valence-electron chi connectivity index (χ0n) is 36.7. The third-order valence-corrected chi connectivity index (χ3v) is 13.0. The van der Waals surface area contributed by atoms with E-state index in [2.05, 4.69) is 19.2 Å². The number of Topliss-reactive ketones (excluding diaryl/α,β-unsaturated/α-hetero) is 1. The van der Waals surface area contributed by atoms with E-state index < -0.39 is 76.7 Å². The highest BCUT2D eigenvalue weighted by molar-refractivity contribution is 6.26. The molecule has 6 rings (SSSR count). The molecule has 3 heterocycles. The van der Waals surface area contributed by atoms with Crippen molar-refractivity contribution in [1.29, 1.82) is 0 Å². The molecule has 60 heavy (non-hydrogen) atoms. The second-order valence-electron chi connectivity index (χ2n) is 17.3. The van der Waals surface area contributed by atoms with Crippen molar-refractivity contribution < 1.29 is 48.6 Å². The maximum atomic E-state index is 14.7. The van der Waals surface area contributed by atoms with Crippen LogP contribution in [0.5, 0.6) is 11.5 Å². The highest BCUT2D eigenvalue weighted by Gasteiger charge is 2.49. The molecule has 5 N–H and O–H groups in total. The number of nitrogens with one attached hydrogen (secondary N) is 1. The molecule has 0 fully saturated rings. The third kappa shape index (κ3) is 7.18. The van der Waals surface area contributed by atoms with E-state index >= 15 is 0 Å². The number of phenolic OH excluding ortho intramolecular Hbond substituents is 1. The van der Waals surface area contributed by atoms with Gasteiger partial charge in [0.05, 0.1) is 41.6 Å². The van der Waals surface area contributed by atoms with Gasteiger partial charge >= 0.3 is 5.79 Å². The Bertz CT molecular complexity index is 2570. The molecule has 1 aromatic heterocycles. The van der Waals surface area contributed by atoms with Crippen molar-refractivity contribution >= 4 is 50.3 Å². The van der Waals surface area contributed by atoms with Gasteiger partial charge in [-0.2, -0.15) is 0 Å². The number of aliphatic hydroxyl groups is 3. The molecule has 0 unspecified atom stereocenters. The first-order valence-electron chi connectivity index (χ1n) is 20.5. The molecule has 0 saturated carbocycles. The van der Waals surface area contributed by atoms with Crippen LogP contribution in [-0.2, 0) is 14.3 Å². The maximum Gasteiger partial charge on any atom is 0.312 e. The number of nitrogens with zero attached hydrogens (tertiary/aromatic N) is 1. The van der Waals surface area contributed by atoms with Gasteiger partial charge in [0.25, 0.3) is 11.7 Å². The maximum absolute atomic E-state index is 14.7. The number of anilines is 1. The number of aryl methyl sites for hydroxylation is 2. The number of methoxy groups -OCH3 is 1. The van der Waals surface area contributed by atoms with Crippen LogP contribution in [0.4, 0.5) is 5.69 Å². The average molecular weight is 827 g/mol. The van der Waals surface area contributed by atoms with E-state index in [1.54, 1.807) is 46.8 Å². The fourth-order valence-corrected chi connectivity index (χ4v) is 8.97. The SMILES string of the molecule is CO[C@H]1/C=C/O[C@@]2(C)Oc3c(C)c(=O)c4c(O)c(c5oc6c(C)c(C(C)C)c(C)c(C)c6nc5c4c3C2=O)NC(=O)/C(C)=C\C=C\[C@H](C)[C@H](O)[C@@H](C)[C@@H](O)[C@@H](C)[C@H](O)[C@@H]1C. The molecule has 0 aliphatic carbocycles. The van der Waals surface area contributed by atoms with Gasteiger partial charge in [0.15, 0.2) is 22.3 Å². The van der Waals surface area contributed by atoms with Gasteiger partial charge in [0.1, 0.15) is 22.5 Å². The van der Waals surface area contributed by atoms with E-state index in [1.165, 1.54) is 39.4 Å². The first-order chi connectivity index (χ1) is 28.1. The van der Waals surface area contributed by atoms with E-state index in [4.69, 9.17) is 23.6 Å². The molecule has 13 nitrogen and oxygen atoms in total. The molecule has 2 aliphatic heterocycles. The predicted molar refractivity (Wildman–Crippen MR) is 231 cm³/mol. The lowest BCUT2D eigenvalue weighted by Crippen LogP contribution is -2.44. The Balaban J connectivity index is 1.66. The molecule has 9 atom stereocenters. The average Bonchev–Trinajstić information content (AvgIpc) is 3.48. The first kappa shape index (κ1) is 44.5. The third-order valence-electron chi connectivity index (χ3n) is 13.0. The van der Waals surface area contributed by atoms with Crippen LogP contribution in [0, 0.1) is 51.4 Å². The Morgan fingerprint density at radius 3 is 2.08 bits per heavy atom. The van der Waals surface area contributed by atoms with Gasteiger partial charge < -0.3 is 44.4 Å². The molecular formula is C47H58N2O11. The van der Waals surface area contributed by atoms with Crippen LogP contribution in [0.2, 0.25) is 0 Å². The van der Waals surface area contributed by atoms with E-state index in [9.17, 15) is 34.8 Å². The standard InChI is InChI=1S/C47H58N2O11/c1-19(2)30-22(5)23(6)34-43(25(30)8)59-44-35(48-34)31-32-40(53)28(11)42-33(31)45(55)47(12,60-42)58-18-17-29(57-13)24(7)38(51)27(10)39(52)26(9)37(50)20(3)15-14-16-21(4)46(56)49-36(44)41(32)54/h14-20,24,26-27,29,37-39,50-52,54H,1-13H3,(H,49,56)/b15-14+,18-17+,21-16-/t20-,24+,26+,27-,29-,37-,38+,39+,47-/m0/s1. The summed E-state index contributed by atoms with van der Waals surface area (Å²) in [7, 11) is 1.45. The summed E-state index contributed by atoms with van der Waals surface area (Å²) >= 11 is 0. The largest absolute Gasteiger partial charge is 0.505 e. The Hall–Kier alpha value is -5.08. The Kier molecular flexibility index (Phi) is 12.2. The number of aromatic nitrogens is 1. The molecule has 1 amide bonds. The summed E-state index contributed by atoms with van der Waals surface area (Å²) in [6.45, 7) is 21.4. The smallest absolute Gasteiger partial charge is 0.312 e. The zero-order chi connectivity index (χ0) is 44.4. The molecule has 0 radical (unpaired) electrons. The normalized spacial score (nSPS) is 30.1. The van der Waals surface area contributed by atoms with Gasteiger partial charge in [-0.05, 0) is 68.9 Å². The molecule has 322 valence electrons. The number of hydrogen-bond acceptors (Lipinski definition) is 12. The number of benzene rings is 3. The summed E-state index contributed by atoms with van der Waals surface area (Å²) in [5.41, 5.74) is 3.85. The number of allylic oxidation sites excluding steroid dienone is 2. The summed E-state index contributed by atoms with van der Waals surface area (Å²) in [4.78, 5) is 48.1. The van der Waals surface area contributed by atoms with E-state index in [-0.39, 0.29) is 55.9 Å². The topological polar surface area (TPSA) is 198 Å². The predicted octanol–water partition coefficient (Wildman–Crippen LogP) is 7.48. The van der Waals surface area contributed by atoms with Gasteiger partial charge in [-0.3, -0.25) is 14.4 Å². The van der Waals surface area contributed by atoms with Crippen molar-refractivity contribution in [1.82, 2.24) is 4.98 Å². The Labute approximate surface area is 349 Å². The lowest BCUT2D eigenvalue weighted by atomic mass is 9.78. The van der Waals surface area contributed by atoms with Crippen molar-refractivity contribution in [2.75, 3.05) is 12.4 Å². The number of ether oxygens (including phenoxy) is 3. The number of rotatable bonds is 2. The van der Waals surface area contributed by atoms with Gasteiger partial charge in [-0.1, -0.05) is 59.8 Å². The number of aliphatic hydroxyl groups excluding tert-OH is 3. The molecular weight excluding hydrogens is 769 g/mol.